The van der Waals surface area contributed by atoms with Crippen molar-refractivity contribution >= 4 is 166 Å². The topological polar surface area (TPSA) is 526 Å². The van der Waals surface area contributed by atoms with Gasteiger partial charge in [0.1, 0.15) is 32.5 Å². The Morgan fingerprint density at radius 2 is 0.750 bits per heavy atom. The van der Waals surface area contributed by atoms with E-state index in [0.717, 1.165) is 36.4 Å². The van der Waals surface area contributed by atoms with Crippen molar-refractivity contribution in [3.8, 4) is 23.5 Å². The molecule has 0 amide bonds. The molecule has 0 aliphatic heterocycles. The van der Waals surface area contributed by atoms with E-state index in [9.17, 15) is 81.9 Å². The molecule has 0 aliphatic rings. The van der Waals surface area contributed by atoms with Crippen LogP contribution in [0, 0.1) is 0 Å². The van der Waals surface area contributed by atoms with E-state index >= 15 is 0 Å². The number of aromatic carboxylic acids is 2. The SMILES string of the molecule is COc1nc(Cl)nc(Nc2ccc(N=Nc3c(S(=O)(=O)O)cc4ccc(Nc5cccc(S(=O)(=O)O)c5)cc4c3O)c(C(=O)O)c2)n1.COc1nc(Cl)nc(Nc2ccc(N=Nc3c(S(=O)(=O)O)cc4ccc(Nc5cccc(S(=O)(=O)O)c5)cc4c3O)c(C(=O)O)c2)n1.[Cr].[Na+].[Na+].[Na+].[Na+].[Na+]. The molecule has 490 valence electrons. The molecule has 100 heavy (non-hydrogen) atoms. The number of aromatic nitrogens is 6. The number of hydrogen-bond donors (Lipinski definition) is 12. The molecule has 46 heteroatoms. The fraction of sp³-hybridized carbons (Fsp3) is 0.0370. The van der Waals surface area contributed by atoms with Gasteiger partial charge in [-0.25, -0.2) is 9.59 Å². The molecule has 10 aromatic rings. The number of benzene rings is 8. The molecular formula is C54H40Cl2CrN14Na5O20S4+5. The minimum atomic E-state index is -4.98. The number of carboxylic acids is 2. The van der Waals surface area contributed by atoms with E-state index in [-0.39, 0.29) is 265 Å². The van der Waals surface area contributed by atoms with Crippen LogP contribution in [0.15, 0.2) is 173 Å². The van der Waals surface area contributed by atoms with Gasteiger partial charge in [0.25, 0.3) is 40.5 Å². The molecule has 0 aliphatic carbocycles. The van der Waals surface area contributed by atoms with Gasteiger partial charge in [-0.1, -0.05) is 24.3 Å². The van der Waals surface area contributed by atoms with E-state index in [4.69, 9.17) is 32.7 Å². The third-order valence-electron chi connectivity index (χ3n) is 12.5. The van der Waals surface area contributed by atoms with Crippen LogP contribution < -0.4 is 179 Å². The number of methoxy groups -OCH3 is 2. The monoisotopic (exact) mass is 1570 g/mol. The number of carboxylic acid groups (broad SMARTS) is 2. The summed E-state index contributed by atoms with van der Waals surface area (Å²) < 4.78 is 143. The van der Waals surface area contributed by atoms with Crippen molar-refractivity contribution in [2.75, 3.05) is 35.5 Å². The second-order valence-corrected chi connectivity index (χ2v) is 25.1. The molecule has 12 N–H and O–H groups in total. The van der Waals surface area contributed by atoms with Crippen LogP contribution in [-0.4, -0.2) is 128 Å². The maximum Gasteiger partial charge on any atom is 1.00 e. The number of halogens is 2. The van der Waals surface area contributed by atoms with Crippen LogP contribution in [0.1, 0.15) is 20.7 Å². The quantitative estimate of drug-likeness (QED) is 0.0196. The molecule has 8 aromatic carbocycles. The summed E-state index contributed by atoms with van der Waals surface area (Å²) in [5.41, 5.74) is -1.25. The van der Waals surface area contributed by atoms with E-state index in [1.165, 1.54) is 111 Å². The molecule has 34 nitrogen and oxygen atoms in total. The number of phenolic OH excluding ortho intramolecular Hbond substituents is 2. The molecule has 0 radical (unpaired) electrons. The number of fused-ring (bicyclic) bond motifs is 2. The predicted octanol–water partition coefficient (Wildman–Crippen LogP) is -4.01. The third kappa shape index (κ3) is 22.8. The van der Waals surface area contributed by atoms with Gasteiger partial charge in [0, 0.05) is 62.3 Å². The number of azo groups is 2. The Kier molecular flexibility index (Phi) is 33.2. The van der Waals surface area contributed by atoms with Crippen molar-refractivity contribution in [3.63, 3.8) is 0 Å². The van der Waals surface area contributed by atoms with Gasteiger partial charge in [0.05, 0.1) is 35.1 Å². The van der Waals surface area contributed by atoms with Crippen LogP contribution in [0.3, 0.4) is 0 Å². The van der Waals surface area contributed by atoms with Gasteiger partial charge in [-0.15, -0.1) is 20.5 Å². The van der Waals surface area contributed by atoms with Crippen molar-refractivity contribution < 1.29 is 257 Å². The first-order valence-electron chi connectivity index (χ1n) is 25.5. The van der Waals surface area contributed by atoms with Crippen LogP contribution in [0.5, 0.6) is 23.5 Å². The maximum atomic E-state index is 12.3. The maximum absolute atomic E-state index is 12.3. The Bertz CT molecular complexity index is 5010. The summed E-state index contributed by atoms with van der Waals surface area (Å²) >= 11 is 11.7. The summed E-state index contributed by atoms with van der Waals surface area (Å²) in [6, 6.07) is 28.4. The Hall–Kier alpha value is -5.41. The van der Waals surface area contributed by atoms with Gasteiger partial charge in [-0.3, -0.25) is 18.2 Å². The van der Waals surface area contributed by atoms with Crippen molar-refractivity contribution in [3.05, 3.63) is 155 Å². The number of nitrogens with one attached hydrogen (secondary N) is 4. The zero-order valence-electron chi connectivity index (χ0n) is 52.4. The fourth-order valence-electron chi connectivity index (χ4n) is 8.39. The third-order valence-corrected chi connectivity index (χ3v) is 16.3. The second kappa shape index (κ2) is 37.3. The number of hydrogen-bond acceptors (Lipinski definition) is 28. The van der Waals surface area contributed by atoms with Gasteiger partial charge in [0.15, 0.2) is 11.5 Å². The van der Waals surface area contributed by atoms with Gasteiger partial charge >= 0.3 is 172 Å². The Morgan fingerprint density at radius 1 is 0.420 bits per heavy atom. The number of carbonyl (C=O) groups is 2. The molecule has 0 spiro atoms. The van der Waals surface area contributed by atoms with Gasteiger partial charge in [-0.2, -0.15) is 63.6 Å². The molecule has 0 atom stereocenters. The standard InChI is InChI=1S/2C27H20ClN7O10S2.Cr.5Na/c2*1-45-27-32-25(28)31-26(33-27)30-16-7-8-20(19(12-16)24(37)38)34-35-22-21(47(42,43)44)9-13-5-6-15(11-18(13)23(22)36)29-14-3-2-4-17(10-14)46(39,40)41;;;;;;/h2*2-12,29,36H,1H3,(H,37,38)(H,39,40,41)(H,42,43,44)(H,30,31,32,33);;;;;;/q;;;5*+1. The van der Waals surface area contributed by atoms with Crippen molar-refractivity contribution in [2.45, 2.75) is 19.6 Å². The largest absolute Gasteiger partial charge is 1.00 e. The molecule has 2 aromatic heterocycles. The number of nitrogens with zero attached hydrogens (tertiary/aromatic N) is 10. The molecule has 0 saturated heterocycles. The Labute approximate surface area is 697 Å². The van der Waals surface area contributed by atoms with Crippen LogP contribution in [0.4, 0.5) is 68.8 Å². The smallest absolute Gasteiger partial charge is 0.505 e. The van der Waals surface area contributed by atoms with Crippen LogP contribution in [-0.2, 0) is 57.8 Å². The molecule has 0 unspecified atom stereocenters. The molecule has 0 fully saturated rings. The number of rotatable bonds is 20. The summed E-state index contributed by atoms with van der Waals surface area (Å²) in [6.07, 6.45) is 0. The summed E-state index contributed by atoms with van der Waals surface area (Å²) in [7, 11) is -16.3. The van der Waals surface area contributed by atoms with E-state index < -0.39 is 96.2 Å². The summed E-state index contributed by atoms with van der Waals surface area (Å²) in [5, 5.41) is 68.5. The minimum Gasteiger partial charge on any atom is -0.505 e. The first-order valence-corrected chi connectivity index (χ1v) is 32.0. The molecule has 0 saturated carbocycles. The predicted molar refractivity (Wildman–Crippen MR) is 334 cm³/mol. The van der Waals surface area contributed by atoms with Crippen LogP contribution in [0.2, 0.25) is 10.6 Å². The Morgan fingerprint density at radius 3 is 1.07 bits per heavy atom. The first kappa shape index (κ1) is 88.8. The van der Waals surface area contributed by atoms with Crippen molar-refractivity contribution in [2.24, 2.45) is 20.5 Å². The normalized spacial score (nSPS) is 11.2. The van der Waals surface area contributed by atoms with E-state index in [0.29, 0.717) is 11.4 Å². The number of anilines is 8. The number of aromatic hydroxyl groups is 2. The molecular weight excluding hydrogens is 1530 g/mol. The second-order valence-electron chi connectivity index (χ2n) is 18.8. The number of phenols is 2. The molecule has 2 heterocycles. The number of ether oxygens (including phenoxy) is 2. The summed E-state index contributed by atoms with van der Waals surface area (Å²) in [6.45, 7) is 0. The van der Waals surface area contributed by atoms with E-state index in [2.05, 4.69) is 71.6 Å². The molecule has 10 rings (SSSR count). The minimum absolute atomic E-state index is 0. The zero-order chi connectivity index (χ0) is 68.2. The van der Waals surface area contributed by atoms with Crippen LogP contribution in [0.25, 0.3) is 21.5 Å². The van der Waals surface area contributed by atoms with Gasteiger partial charge in [-0.05, 0) is 143 Å². The van der Waals surface area contributed by atoms with Crippen LogP contribution >= 0.6 is 23.2 Å². The van der Waals surface area contributed by atoms with E-state index in [1.807, 2.05) is 0 Å². The zero-order valence-corrected chi connectivity index (χ0v) is 68.5. The summed E-state index contributed by atoms with van der Waals surface area (Å²) in [5.74, 6) is -4.48. The van der Waals surface area contributed by atoms with E-state index in [1.54, 1.807) is 0 Å². The summed E-state index contributed by atoms with van der Waals surface area (Å²) in [4.78, 5) is 44.9. The van der Waals surface area contributed by atoms with Crippen molar-refractivity contribution in [1.82, 2.24) is 29.9 Å². The molecule has 0 bridgehead atoms. The average Bonchev–Trinajstić information content (AvgIpc) is 0.770. The Balaban J connectivity index is 0.000000491. The fourth-order valence-corrected chi connectivity index (χ4v) is 11.1. The van der Waals surface area contributed by atoms with Crippen molar-refractivity contribution in [1.29, 1.82) is 0 Å². The average molecular weight is 1570 g/mol. The first-order chi connectivity index (χ1) is 44.2. The van der Waals surface area contributed by atoms with Gasteiger partial charge in [0.2, 0.25) is 22.5 Å². The van der Waals surface area contributed by atoms with Gasteiger partial charge < -0.3 is 51.2 Å².